The van der Waals surface area contributed by atoms with Gasteiger partial charge in [-0.25, -0.2) is 9.78 Å². The van der Waals surface area contributed by atoms with E-state index in [0.29, 0.717) is 12.2 Å². The van der Waals surface area contributed by atoms with Crippen molar-refractivity contribution in [1.29, 1.82) is 0 Å². The highest BCUT2D eigenvalue weighted by atomic mass is 16.3. The van der Waals surface area contributed by atoms with E-state index in [0.717, 1.165) is 5.56 Å². The SMILES string of the molecule is O=c1[nH]c(=O)c2[nH]c(Cc3ccc(O)cc3)nc2[nH]1. The number of nitrogens with zero attached hydrogens (tertiary/aromatic N) is 1. The molecule has 7 nitrogen and oxygen atoms in total. The molecule has 0 atom stereocenters. The molecule has 1 aromatic carbocycles. The minimum Gasteiger partial charge on any atom is -0.508 e. The van der Waals surface area contributed by atoms with Crippen LogP contribution in [-0.2, 0) is 6.42 Å². The van der Waals surface area contributed by atoms with E-state index in [1.54, 1.807) is 24.3 Å². The second kappa shape index (κ2) is 4.13. The van der Waals surface area contributed by atoms with Crippen LogP contribution in [0, 0.1) is 0 Å². The summed E-state index contributed by atoms with van der Waals surface area (Å²) < 4.78 is 0. The second-order valence-corrected chi connectivity index (χ2v) is 4.16. The Morgan fingerprint density at radius 1 is 1.05 bits per heavy atom. The summed E-state index contributed by atoms with van der Waals surface area (Å²) in [6, 6.07) is 6.67. The Hall–Kier alpha value is -2.83. The molecule has 3 rings (SSSR count). The lowest BCUT2D eigenvalue weighted by atomic mass is 10.1. The van der Waals surface area contributed by atoms with Gasteiger partial charge < -0.3 is 10.1 Å². The molecule has 0 unspecified atom stereocenters. The fourth-order valence-corrected chi connectivity index (χ4v) is 1.87. The molecule has 0 amide bonds. The predicted molar refractivity (Wildman–Crippen MR) is 68.2 cm³/mol. The van der Waals surface area contributed by atoms with Crippen molar-refractivity contribution in [3.05, 3.63) is 56.5 Å². The molecular formula is C12H10N4O3. The average Bonchev–Trinajstić information content (AvgIpc) is 2.75. The van der Waals surface area contributed by atoms with E-state index in [1.807, 2.05) is 0 Å². The summed E-state index contributed by atoms with van der Waals surface area (Å²) in [5, 5.41) is 9.20. The highest BCUT2D eigenvalue weighted by Crippen LogP contribution is 2.13. The van der Waals surface area contributed by atoms with Crippen molar-refractivity contribution in [2.75, 3.05) is 0 Å². The van der Waals surface area contributed by atoms with Gasteiger partial charge >= 0.3 is 5.69 Å². The molecule has 4 N–H and O–H groups in total. The van der Waals surface area contributed by atoms with Gasteiger partial charge in [-0.1, -0.05) is 12.1 Å². The maximum absolute atomic E-state index is 11.5. The number of hydrogen-bond donors (Lipinski definition) is 4. The summed E-state index contributed by atoms with van der Waals surface area (Å²) in [7, 11) is 0. The molecule has 0 fully saturated rings. The summed E-state index contributed by atoms with van der Waals surface area (Å²) in [5.74, 6) is 0.752. The number of benzene rings is 1. The number of hydrogen-bond acceptors (Lipinski definition) is 4. The molecule has 0 spiro atoms. The zero-order valence-corrected chi connectivity index (χ0v) is 9.73. The van der Waals surface area contributed by atoms with Crippen molar-refractivity contribution in [2.24, 2.45) is 0 Å². The Kier molecular flexibility index (Phi) is 2.45. The molecule has 2 heterocycles. The molecule has 3 aromatic rings. The van der Waals surface area contributed by atoms with Crippen LogP contribution in [0.3, 0.4) is 0 Å². The molecule has 19 heavy (non-hydrogen) atoms. The van der Waals surface area contributed by atoms with Gasteiger partial charge in [0.15, 0.2) is 5.65 Å². The van der Waals surface area contributed by atoms with Crippen LogP contribution in [0.4, 0.5) is 0 Å². The minimum atomic E-state index is -0.583. The molecule has 0 saturated heterocycles. The van der Waals surface area contributed by atoms with Crippen LogP contribution < -0.4 is 11.2 Å². The topological polar surface area (TPSA) is 115 Å². The number of aromatic hydroxyl groups is 1. The second-order valence-electron chi connectivity index (χ2n) is 4.16. The van der Waals surface area contributed by atoms with Crippen LogP contribution in [0.25, 0.3) is 11.2 Å². The number of rotatable bonds is 2. The molecule has 0 aliphatic carbocycles. The predicted octanol–water partition coefficient (Wildman–Crippen LogP) is 0.236. The number of H-pyrrole nitrogens is 3. The number of nitrogens with one attached hydrogen (secondary N) is 3. The first-order chi connectivity index (χ1) is 9.11. The smallest absolute Gasteiger partial charge is 0.327 e. The highest BCUT2D eigenvalue weighted by Gasteiger charge is 2.08. The lowest BCUT2D eigenvalue weighted by Crippen LogP contribution is -2.21. The monoisotopic (exact) mass is 258 g/mol. The van der Waals surface area contributed by atoms with Crippen LogP contribution in [0.1, 0.15) is 11.4 Å². The van der Waals surface area contributed by atoms with E-state index in [1.165, 1.54) is 0 Å². The van der Waals surface area contributed by atoms with Crippen LogP contribution in [0.15, 0.2) is 33.9 Å². The number of imidazole rings is 1. The van der Waals surface area contributed by atoms with Crippen LogP contribution in [0.2, 0.25) is 0 Å². The van der Waals surface area contributed by atoms with E-state index >= 15 is 0 Å². The van der Waals surface area contributed by atoms with Gasteiger partial charge in [-0.15, -0.1) is 0 Å². The minimum absolute atomic E-state index is 0.189. The molecule has 7 heteroatoms. The Bertz CT molecular complexity index is 842. The van der Waals surface area contributed by atoms with Gasteiger partial charge in [0.1, 0.15) is 17.1 Å². The summed E-state index contributed by atoms with van der Waals surface area (Å²) >= 11 is 0. The average molecular weight is 258 g/mol. The number of aromatic nitrogens is 4. The van der Waals surface area contributed by atoms with Gasteiger partial charge in [0.25, 0.3) is 5.56 Å². The van der Waals surface area contributed by atoms with E-state index in [2.05, 4.69) is 19.9 Å². The van der Waals surface area contributed by atoms with Crippen molar-refractivity contribution in [3.8, 4) is 5.75 Å². The standard InChI is InChI=1S/C12H10N4O3/c17-7-3-1-6(2-4-7)5-8-13-9-10(14-8)15-12(19)16-11(9)18/h1-4,17H,5H2,(H3,13,14,15,16,18,19). The van der Waals surface area contributed by atoms with E-state index in [-0.39, 0.29) is 16.9 Å². The number of fused-ring (bicyclic) bond motifs is 1. The summed E-state index contributed by atoms with van der Waals surface area (Å²) in [6.07, 6.45) is 0.469. The first kappa shape index (κ1) is 11.3. The van der Waals surface area contributed by atoms with E-state index in [9.17, 15) is 14.7 Å². The van der Waals surface area contributed by atoms with Gasteiger partial charge in [0.05, 0.1) is 0 Å². The fraction of sp³-hybridized carbons (Fsp3) is 0.0833. The Morgan fingerprint density at radius 2 is 1.79 bits per heavy atom. The maximum atomic E-state index is 11.5. The van der Waals surface area contributed by atoms with Gasteiger partial charge in [-0.05, 0) is 17.7 Å². The number of phenolic OH excluding ortho intramolecular Hbond substituents is 1. The summed E-state index contributed by atoms with van der Waals surface area (Å²) in [5.41, 5.74) is 0.329. The Balaban J connectivity index is 2.02. The molecule has 96 valence electrons. The maximum Gasteiger partial charge on any atom is 0.327 e. The molecular weight excluding hydrogens is 248 g/mol. The molecule has 0 aliphatic rings. The molecule has 2 aromatic heterocycles. The molecule has 0 aliphatic heterocycles. The third-order valence-electron chi connectivity index (χ3n) is 2.75. The molecule has 0 radical (unpaired) electrons. The van der Waals surface area contributed by atoms with Crippen molar-refractivity contribution in [1.82, 2.24) is 19.9 Å². The van der Waals surface area contributed by atoms with Crippen molar-refractivity contribution in [2.45, 2.75) is 6.42 Å². The van der Waals surface area contributed by atoms with Gasteiger partial charge in [0.2, 0.25) is 0 Å². The third kappa shape index (κ3) is 2.13. The lowest BCUT2D eigenvalue weighted by Gasteiger charge is -1.97. The summed E-state index contributed by atoms with van der Waals surface area (Å²) in [4.78, 5) is 34.3. The van der Waals surface area contributed by atoms with Crippen LogP contribution in [0.5, 0.6) is 5.75 Å². The first-order valence-electron chi connectivity index (χ1n) is 5.61. The fourth-order valence-electron chi connectivity index (χ4n) is 1.87. The highest BCUT2D eigenvalue weighted by molar-refractivity contribution is 5.68. The van der Waals surface area contributed by atoms with Gasteiger partial charge in [-0.3, -0.25) is 14.8 Å². The first-order valence-corrected chi connectivity index (χ1v) is 5.61. The van der Waals surface area contributed by atoms with Gasteiger partial charge in [-0.2, -0.15) is 0 Å². The van der Waals surface area contributed by atoms with E-state index in [4.69, 9.17) is 0 Å². The molecule has 0 bridgehead atoms. The normalized spacial score (nSPS) is 10.9. The zero-order chi connectivity index (χ0) is 13.4. The largest absolute Gasteiger partial charge is 0.508 e. The van der Waals surface area contributed by atoms with Gasteiger partial charge in [0, 0.05) is 6.42 Å². The van der Waals surface area contributed by atoms with Crippen LogP contribution in [-0.4, -0.2) is 25.0 Å². The van der Waals surface area contributed by atoms with Crippen molar-refractivity contribution < 1.29 is 5.11 Å². The molecule has 0 saturated carbocycles. The van der Waals surface area contributed by atoms with Crippen molar-refractivity contribution >= 4 is 11.2 Å². The third-order valence-corrected chi connectivity index (χ3v) is 2.75. The van der Waals surface area contributed by atoms with Crippen molar-refractivity contribution in [3.63, 3.8) is 0 Å². The Morgan fingerprint density at radius 3 is 2.53 bits per heavy atom. The van der Waals surface area contributed by atoms with E-state index < -0.39 is 11.2 Å². The summed E-state index contributed by atoms with van der Waals surface area (Å²) in [6.45, 7) is 0. The zero-order valence-electron chi connectivity index (χ0n) is 9.73. The number of aromatic amines is 3. The Labute approximate surface area is 106 Å². The number of phenols is 1. The van der Waals surface area contributed by atoms with Crippen LogP contribution >= 0.6 is 0 Å². The quantitative estimate of drug-likeness (QED) is 0.527. The lowest BCUT2D eigenvalue weighted by molar-refractivity contribution is 0.475.